The van der Waals surface area contributed by atoms with E-state index in [9.17, 15) is 4.79 Å². The van der Waals surface area contributed by atoms with Crippen molar-refractivity contribution in [1.29, 1.82) is 0 Å². The summed E-state index contributed by atoms with van der Waals surface area (Å²) in [6.45, 7) is 1.92. The quantitative estimate of drug-likeness (QED) is 0.503. The Morgan fingerprint density at radius 3 is 2.88 bits per heavy atom. The second-order valence-electron chi connectivity index (χ2n) is 1.28. The summed E-state index contributed by atoms with van der Waals surface area (Å²) in [6.07, 6.45) is 2.37. The minimum atomic E-state index is -0.285. The molecule has 0 spiro atoms. The zero-order valence-electron chi connectivity index (χ0n) is 5.14. The molecule has 0 saturated carbocycles. The second-order valence-corrected chi connectivity index (χ2v) is 1.28. The van der Waals surface area contributed by atoms with Crippen LogP contribution in [0.4, 0.5) is 4.79 Å². The number of carbonyl (C=O) groups is 1. The van der Waals surface area contributed by atoms with Crippen LogP contribution in [0.2, 0.25) is 0 Å². The van der Waals surface area contributed by atoms with Crippen molar-refractivity contribution in [2.75, 3.05) is 7.05 Å². The van der Waals surface area contributed by atoms with Crippen molar-refractivity contribution >= 4 is 12.2 Å². The predicted molar refractivity (Wildman–Crippen MR) is 33.2 cm³/mol. The first-order chi connectivity index (χ1) is 3.81. The molecule has 0 rings (SSSR count). The number of aliphatic imine (C=N–C) groups is 1. The molecule has 0 aliphatic rings. The van der Waals surface area contributed by atoms with Gasteiger partial charge >= 0.3 is 6.03 Å². The molecule has 0 aromatic carbocycles. The van der Waals surface area contributed by atoms with E-state index in [1.54, 1.807) is 13.3 Å². The fraction of sp³-hybridized carbons (Fsp3) is 0.600. The van der Waals surface area contributed by atoms with Gasteiger partial charge in [0.25, 0.3) is 0 Å². The number of nitrogens with one attached hydrogen (secondary N) is 1. The molecule has 0 fully saturated rings. The third-order valence-corrected chi connectivity index (χ3v) is 0.605. The predicted octanol–water partition coefficient (Wildman–Crippen LogP) is 0.807. The average molecular weight is 114 g/mol. The molecule has 2 amide bonds. The fourth-order valence-electron chi connectivity index (χ4n) is 0.239. The maximum absolute atomic E-state index is 10.3. The minimum Gasteiger partial charge on any atom is -0.339 e. The van der Waals surface area contributed by atoms with Crippen LogP contribution in [0.15, 0.2) is 4.99 Å². The van der Waals surface area contributed by atoms with Gasteiger partial charge in [-0.3, -0.25) is 0 Å². The lowest BCUT2D eigenvalue weighted by molar-refractivity contribution is 0.251. The lowest BCUT2D eigenvalue weighted by atomic mass is 10.5. The maximum Gasteiger partial charge on any atom is 0.340 e. The van der Waals surface area contributed by atoms with Crippen LogP contribution in [0, 0.1) is 0 Å². The SMILES string of the molecule is CCC=NC(=O)NC. The Morgan fingerprint density at radius 1 is 1.88 bits per heavy atom. The number of nitrogens with zero attached hydrogens (tertiary/aromatic N) is 1. The van der Waals surface area contributed by atoms with Crippen molar-refractivity contribution in [1.82, 2.24) is 5.32 Å². The van der Waals surface area contributed by atoms with E-state index < -0.39 is 0 Å². The number of hydrogen-bond donors (Lipinski definition) is 1. The Hall–Kier alpha value is -0.860. The smallest absolute Gasteiger partial charge is 0.339 e. The highest BCUT2D eigenvalue weighted by molar-refractivity contribution is 5.83. The van der Waals surface area contributed by atoms with Crippen molar-refractivity contribution in [3.63, 3.8) is 0 Å². The highest BCUT2D eigenvalue weighted by Gasteiger charge is 1.84. The van der Waals surface area contributed by atoms with E-state index in [1.165, 1.54) is 0 Å². The van der Waals surface area contributed by atoms with Gasteiger partial charge in [0.1, 0.15) is 0 Å². The van der Waals surface area contributed by atoms with Gasteiger partial charge in [0.05, 0.1) is 0 Å². The molecule has 0 aromatic rings. The van der Waals surface area contributed by atoms with Gasteiger partial charge in [-0.2, -0.15) is 0 Å². The van der Waals surface area contributed by atoms with Gasteiger partial charge in [0.15, 0.2) is 0 Å². The summed E-state index contributed by atoms with van der Waals surface area (Å²) >= 11 is 0. The summed E-state index contributed by atoms with van der Waals surface area (Å²) in [4.78, 5) is 13.7. The molecule has 0 aliphatic heterocycles. The molecule has 1 N–H and O–H groups in total. The Bertz CT molecular complexity index is 98.6. The number of hydrogen-bond acceptors (Lipinski definition) is 1. The van der Waals surface area contributed by atoms with Gasteiger partial charge in [-0.1, -0.05) is 6.92 Å². The summed E-state index contributed by atoms with van der Waals surface area (Å²) in [5.41, 5.74) is 0. The van der Waals surface area contributed by atoms with Crippen molar-refractivity contribution < 1.29 is 4.79 Å². The van der Waals surface area contributed by atoms with E-state index in [0.717, 1.165) is 6.42 Å². The maximum atomic E-state index is 10.3. The van der Waals surface area contributed by atoms with Crippen LogP contribution in [0.5, 0.6) is 0 Å². The molecule has 3 heteroatoms. The molecule has 8 heavy (non-hydrogen) atoms. The third kappa shape index (κ3) is 3.33. The first-order valence-electron chi connectivity index (χ1n) is 2.55. The van der Waals surface area contributed by atoms with Gasteiger partial charge < -0.3 is 5.32 Å². The Kier molecular flexibility index (Phi) is 3.84. The van der Waals surface area contributed by atoms with Gasteiger partial charge in [-0.25, -0.2) is 9.79 Å². The lowest BCUT2D eigenvalue weighted by Crippen LogP contribution is -2.12. The van der Waals surface area contributed by atoms with Crippen LogP contribution in [-0.2, 0) is 0 Å². The molecule has 0 heterocycles. The summed E-state index contributed by atoms with van der Waals surface area (Å²) in [6, 6.07) is -0.285. The molecule has 0 aliphatic carbocycles. The molecule has 46 valence electrons. The number of rotatable bonds is 1. The van der Waals surface area contributed by atoms with E-state index in [2.05, 4.69) is 10.3 Å². The van der Waals surface area contributed by atoms with Crippen molar-refractivity contribution in [2.45, 2.75) is 13.3 Å². The van der Waals surface area contributed by atoms with Gasteiger partial charge in [0, 0.05) is 13.3 Å². The molecule has 0 aromatic heterocycles. The van der Waals surface area contributed by atoms with Crippen molar-refractivity contribution in [2.24, 2.45) is 4.99 Å². The van der Waals surface area contributed by atoms with E-state index in [-0.39, 0.29) is 6.03 Å². The molecule has 0 atom stereocenters. The van der Waals surface area contributed by atoms with E-state index in [4.69, 9.17) is 0 Å². The second kappa shape index (κ2) is 4.30. The third-order valence-electron chi connectivity index (χ3n) is 0.605. The molecular formula is C5H10N2O. The van der Waals surface area contributed by atoms with Gasteiger partial charge in [-0.15, -0.1) is 0 Å². The molecule has 0 radical (unpaired) electrons. The Morgan fingerprint density at radius 2 is 2.50 bits per heavy atom. The van der Waals surface area contributed by atoms with Crippen molar-refractivity contribution in [3.8, 4) is 0 Å². The topological polar surface area (TPSA) is 41.5 Å². The van der Waals surface area contributed by atoms with E-state index >= 15 is 0 Å². The van der Waals surface area contributed by atoms with Crippen LogP contribution in [0.3, 0.4) is 0 Å². The van der Waals surface area contributed by atoms with Gasteiger partial charge in [0.2, 0.25) is 0 Å². The molecule has 3 nitrogen and oxygen atoms in total. The van der Waals surface area contributed by atoms with Crippen LogP contribution in [0.25, 0.3) is 0 Å². The minimum absolute atomic E-state index is 0.285. The largest absolute Gasteiger partial charge is 0.340 e. The first-order valence-corrected chi connectivity index (χ1v) is 2.55. The average Bonchev–Trinajstić information content (AvgIpc) is 1.83. The summed E-state index contributed by atoms with van der Waals surface area (Å²) in [7, 11) is 1.55. The standard InChI is InChI=1S/C5H10N2O/c1-3-4-7-5(8)6-2/h4H,3H2,1-2H3,(H,6,8). The van der Waals surface area contributed by atoms with Crippen LogP contribution in [-0.4, -0.2) is 19.3 Å². The number of carbonyl (C=O) groups excluding carboxylic acids is 1. The highest BCUT2D eigenvalue weighted by atomic mass is 16.2. The zero-order valence-corrected chi connectivity index (χ0v) is 5.14. The fourth-order valence-corrected chi connectivity index (χ4v) is 0.239. The van der Waals surface area contributed by atoms with E-state index in [1.807, 2.05) is 6.92 Å². The monoisotopic (exact) mass is 114 g/mol. The zero-order chi connectivity index (χ0) is 6.41. The van der Waals surface area contributed by atoms with E-state index in [0.29, 0.717) is 0 Å². The molecule has 0 unspecified atom stereocenters. The van der Waals surface area contributed by atoms with Crippen LogP contribution >= 0.6 is 0 Å². The normalized spacial score (nSPS) is 9.75. The molecule has 0 saturated heterocycles. The van der Waals surface area contributed by atoms with Crippen molar-refractivity contribution in [3.05, 3.63) is 0 Å². The Labute approximate surface area is 48.8 Å². The summed E-state index contributed by atoms with van der Waals surface area (Å²) in [5, 5.41) is 2.36. The summed E-state index contributed by atoms with van der Waals surface area (Å²) in [5.74, 6) is 0. The molecule has 0 bridgehead atoms. The first kappa shape index (κ1) is 7.14. The number of amides is 2. The number of urea groups is 1. The summed E-state index contributed by atoms with van der Waals surface area (Å²) < 4.78 is 0. The Balaban J connectivity index is 3.37. The molecular weight excluding hydrogens is 104 g/mol. The van der Waals surface area contributed by atoms with Gasteiger partial charge in [-0.05, 0) is 6.42 Å². The highest BCUT2D eigenvalue weighted by Crippen LogP contribution is 1.71. The van der Waals surface area contributed by atoms with Crippen LogP contribution in [0.1, 0.15) is 13.3 Å². The lowest BCUT2D eigenvalue weighted by Gasteiger charge is -1.85. The van der Waals surface area contributed by atoms with Crippen LogP contribution < -0.4 is 5.32 Å².